The van der Waals surface area contributed by atoms with Crippen molar-refractivity contribution in [2.45, 2.75) is 48.8 Å². The van der Waals surface area contributed by atoms with Gasteiger partial charge in [0.15, 0.2) is 0 Å². The highest BCUT2D eigenvalue weighted by Crippen LogP contribution is 2.55. The van der Waals surface area contributed by atoms with Gasteiger partial charge in [0.1, 0.15) is 23.8 Å². The van der Waals surface area contributed by atoms with Crippen LogP contribution in [0.1, 0.15) is 25.0 Å². The van der Waals surface area contributed by atoms with E-state index in [2.05, 4.69) is 5.32 Å². The maximum absolute atomic E-state index is 13.2. The normalized spacial score (nSPS) is 25.2. The number of β-lactam (4-membered cyclic amide) rings is 1. The Bertz CT molecular complexity index is 1060. The molecule has 0 spiro atoms. The lowest BCUT2D eigenvalue weighted by Gasteiger charge is -2.51. The van der Waals surface area contributed by atoms with Gasteiger partial charge in [0, 0.05) is 11.9 Å². The van der Waals surface area contributed by atoms with Crippen LogP contribution in [0.25, 0.3) is 0 Å². The highest BCUT2D eigenvalue weighted by atomic mass is 32.2. The predicted molar refractivity (Wildman–Crippen MR) is 122 cm³/mol. The van der Waals surface area contributed by atoms with Crippen LogP contribution in [0.15, 0.2) is 54.6 Å². The molecule has 4 rings (SSSR count). The van der Waals surface area contributed by atoms with Crippen LogP contribution in [0.3, 0.4) is 0 Å². The van der Waals surface area contributed by atoms with Crippen molar-refractivity contribution in [1.29, 1.82) is 0 Å². The van der Waals surface area contributed by atoms with E-state index in [4.69, 9.17) is 9.47 Å². The molecule has 0 aliphatic carbocycles. The Hall–Kier alpha value is -3.04. The van der Waals surface area contributed by atoms with E-state index in [0.717, 1.165) is 5.56 Å². The Morgan fingerprint density at radius 1 is 1.09 bits per heavy atom. The molecule has 2 aliphatic rings. The molecule has 2 heterocycles. The van der Waals surface area contributed by atoms with E-state index in [-0.39, 0.29) is 18.8 Å². The summed E-state index contributed by atoms with van der Waals surface area (Å²) in [4.78, 5) is 40.4. The Morgan fingerprint density at radius 2 is 1.76 bits per heavy atom. The zero-order valence-electron chi connectivity index (χ0n) is 18.6. The van der Waals surface area contributed by atoms with E-state index in [9.17, 15) is 19.5 Å². The highest BCUT2D eigenvalue weighted by molar-refractivity contribution is 8.01. The molecule has 2 amide bonds. The Morgan fingerprint density at radius 3 is 2.39 bits per heavy atom. The third-order valence-electron chi connectivity index (χ3n) is 5.90. The number of amides is 2. The molecule has 174 valence electrons. The van der Waals surface area contributed by atoms with Gasteiger partial charge in [0.05, 0.1) is 6.42 Å². The molecule has 2 aliphatic heterocycles. The average Bonchev–Trinajstić information content (AvgIpc) is 3.07. The molecular weight excluding hydrogens is 444 g/mol. The smallest absolute Gasteiger partial charge is 0.330 e. The number of nitrogens with zero attached hydrogens (tertiary/aromatic N) is 1. The summed E-state index contributed by atoms with van der Waals surface area (Å²) in [7, 11) is 1.37. The molecule has 2 aromatic rings. The summed E-state index contributed by atoms with van der Waals surface area (Å²) in [6.45, 7) is 3.86. The number of ether oxygens (including phenoxy) is 2. The van der Waals surface area contributed by atoms with E-state index in [1.165, 1.54) is 35.9 Å². The van der Waals surface area contributed by atoms with Crippen molar-refractivity contribution in [2.75, 3.05) is 7.11 Å². The second-order valence-electron chi connectivity index (χ2n) is 8.61. The second kappa shape index (κ2) is 8.72. The van der Waals surface area contributed by atoms with E-state index in [1.54, 1.807) is 12.1 Å². The molecule has 2 saturated heterocycles. The van der Waals surface area contributed by atoms with Gasteiger partial charge in [-0.05, 0) is 37.1 Å². The fraction of sp³-hybridized carbons (Fsp3) is 0.375. The minimum atomic E-state index is -1.55. The summed E-state index contributed by atoms with van der Waals surface area (Å²) in [6.07, 6.45) is 0.0159. The highest BCUT2D eigenvalue weighted by Gasteiger charge is 2.73. The molecule has 9 heteroatoms. The van der Waals surface area contributed by atoms with Crippen molar-refractivity contribution in [2.24, 2.45) is 0 Å². The van der Waals surface area contributed by atoms with Gasteiger partial charge >= 0.3 is 5.97 Å². The molecule has 3 atom stereocenters. The third-order valence-corrected chi connectivity index (χ3v) is 7.51. The van der Waals surface area contributed by atoms with Gasteiger partial charge < -0.3 is 24.8 Å². The van der Waals surface area contributed by atoms with Crippen molar-refractivity contribution >= 4 is 29.5 Å². The first-order valence-corrected chi connectivity index (χ1v) is 11.4. The van der Waals surface area contributed by atoms with Crippen molar-refractivity contribution in [3.8, 4) is 5.75 Å². The number of hydrogen-bond donors (Lipinski definition) is 2. The third kappa shape index (κ3) is 4.18. The molecular formula is C24H26N2O6S. The van der Waals surface area contributed by atoms with Crippen LogP contribution in [-0.2, 0) is 36.9 Å². The number of esters is 1. The Kier molecular flexibility index (Phi) is 6.11. The van der Waals surface area contributed by atoms with Gasteiger partial charge in [0.2, 0.25) is 5.91 Å². The number of benzene rings is 2. The molecule has 2 fully saturated rings. The monoisotopic (exact) mass is 470 g/mol. The summed E-state index contributed by atoms with van der Waals surface area (Å²) in [6, 6.07) is 14.8. The number of carbonyl (C=O) groups is 3. The summed E-state index contributed by atoms with van der Waals surface area (Å²) in [5.74, 6) is -1.27. The van der Waals surface area contributed by atoms with Crippen LogP contribution in [0.5, 0.6) is 5.75 Å². The predicted octanol–water partition coefficient (Wildman–Crippen LogP) is 2.20. The molecule has 0 aromatic heterocycles. The first-order chi connectivity index (χ1) is 15.7. The molecule has 8 nitrogen and oxygen atoms in total. The number of methoxy groups -OCH3 is 1. The van der Waals surface area contributed by atoms with Crippen LogP contribution < -0.4 is 5.32 Å². The number of hydrogen-bond acceptors (Lipinski definition) is 7. The molecule has 0 radical (unpaired) electrons. The Labute approximate surface area is 196 Å². The van der Waals surface area contributed by atoms with Crippen molar-refractivity contribution < 1.29 is 29.0 Å². The number of thioether (sulfide) groups is 1. The van der Waals surface area contributed by atoms with Gasteiger partial charge in [-0.2, -0.15) is 0 Å². The maximum Gasteiger partial charge on any atom is 0.330 e. The van der Waals surface area contributed by atoms with Crippen LogP contribution >= 0.6 is 11.8 Å². The van der Waals surface area contributed by atoms with E-state index >= 15 is 0 Å². The summed E-state index contributed by atoms with van der Waals surface area (Å²) in [5, 5.41) is 11.6. The summed E-state index contributed by atoms with van der Waals surface area (Å²) < 4.78 is 10.4. The van der Waals surface area contributed by atoms with Crippen molar-refractivity contribution in [3.63, 3.8) is 0 Å². The summed E-state index contributed by atoms with van der Waals surface area (Å²) in [5.41, 5.74) is -0.0137. The molecule has 33 heavy (non-hydrogen) atoms. The van der Waals surface area contributed by atoms with Crippen LogP contribution in [-0.4, -0.2) is 56.8 Å². The quantitative estimate of drug-likeness (QED) is 0.363. The maximum atomic E-state index is 13.2. The van der Waals surface area contributed by atoms with Gasteiger partial charge in [-0.3, -0.25) is 9.59 Å². The van der Waals surface area contributed by atoms with Gasteiger partial charge in [-0.15, -0.1) is 11.8 Å². The van der Waals surface area contributed by atoms with Crippen molar-refractivity contribution in [1.82, 2.24) is 10.2 Å². The first kappa shape index (κ1) is 23.1. The minimum absolute atomic E-state index is 0.0159. The van der Waals surface area contributed by atoms with Crippen LogP contribution in [0.4, 0.5) is 0 Å². The molecule has 2 aromatic carbocycles. The number of carbonyl (C=O) groups excluding carboxylic acids is 3. The number of fused-ring (bicyclic) bond motifs is 1. The number of aromatic hydroxyl groups is 1. The van der Waals surface area contributed by atoms with Crippen LogP contribution in [0.2, 0.25) is 0 Å². The van der Waals surface area contributed by atoms with E-state index in [0.29, 0.717) is 5.56 Å². The first-order valence-electron chi connectivity index (χ1n) is 10.5. The lowest BCUT2D eigenvalue weighted by Crippen LogP contribution is -2.80. The van der Waals surface area contributed by atoms with Gasteiger partial charge in [-0.1, -0.05) is 42.5 Å². The topological polar surface area (TPSA) is 105 Å². The minimum Gasteiger partial charge on any atom is -0.508 e. The standard InChI is InChI=1S/C24H26N2O6S/c1-23(2)19(20(29)32-14-16-7-5-4-6-8-16)26-21(30)24(31-3,22(26)33-23)25-18(28)13-15-9-11-17(27)12-10-15/h4-12,19,22,27H,13-14H2,1-3H3,(H,25,28)/t19-,22+,24+/m0/s1. The average molecular weight is 471 g/mol. The lowest BCUT2D eigenvalue weighted by atomic mass is 9.93. The Balaban J connectivity index is 1.46. The van der Waals surface area contributed by atoms with Gasteiger partial charge in [-0.25, -0.2) is 4.79 Å². The second-order valence-corrected chi connectivity index (χ2v) is 10.3. The largest absolute Gasteiger partial charge is 0.508 e. The fourth-order valence-electron chi connectivity index (χ4n) is 4.22. The number of phenolic OH excluding ortho intramolecular Hbond substituents is 1. The van der Waals surface area contributed by atoms with Gasteiger partial charge in [0.25, 0.3) is 11.6 Å². The molecule has 0 unspecified atom stereocenters. The number of phenols is 1. The number of nitrogens with one attached hydrogen (secondary N) is 1. The SMILES string of the molecule is CO[C@]1(NC(=O)Cc2ccc(O)cc2)C(=O)N2[C@@H](C(=O)OCc3ccccc3)C(C)(C)S[C@@H]21. The van der Waals surface area contributed by atoms with Crippen molar-refractivity contribution in [3.05, 3.63) is 65.7 Å². The molecule has 0 bridgehead atoms. The van der Waals surface area contributed by atoms with E-state index < -0.39 is 39.7 Å². The zero-order valence-corrected chi connectivity index (χ0v) is 19.4. The molecule has 2 N–H and O–H groups in total. The van der Waals surface area contributed by atoms with Crippen LogP contribution in [0, 0.1) is 0 Å². The molecule has 0 saturated carbocycles. The lowest BCUT2D eigenvalue weighted by molar-refractivity contribution is -0.202. The zero-order chi connectivity index (χ0) is 23.8. The summed E-state index contributed by atoms with van der Waals surface area (Å²) >= 11 is 1.39. The number of rotatable bonds is 7. The van der Waals surface area contributed by atoms with E-state index in [1.807, 2.05) is 44.2 Å². The fourth-order valence-corrected chi connectivity index (χ4v) is 5.89.